The molecule has 5 rings (SSSR count). The van der Waals surface area contributed by atoms with E-state index in [0.29, 0.717) is 29.7 Å². The number of amides is 2. The second-order valence-corrected chi connectivity index (χ2v) is 11.0. The van der Waals surface area contributed by atoms with Gasteiger partial charge >= 0.3 is 0 Å². The smallest absolute Gasteiger partial charge is 0.273 e. The lowest BCUT2D eigenvalue weighted by atomic mass is 9.95. The van der Waals surface area contributed by atoms with Crippen molar-refractivity contribution in [3.63, 3.8) is 0 Å². The maximum atomic E-state index is 13.8. The van der Waals surface area contributed by atoms with E-state index in [2.05, 4.69) is 10.9 Å². The number of nitrogens with zero attached hydrogens (tertiary/aromatic N) is 1. The van der Waals surface area contributed by atoms with Crippen LogP contribution in [0.3, 0.4) is 0 Å². The van der Waals surface area contributed by atoms with Crippen LogP contribution in [0.15, 0.2) is 65.6 Å². The third-order valence-corrected chi connectivity index (χ3v) is 8.42. The average Bonchev–Trinajstić information content (AvgIpc) is 2.94. The summed E-state index contributed by atoms with van der Waals surface area (Å²) in [5.74, 6) is -0.341. The van der Waals surface area contributed by atoms with E-state index < -0.39 is 27.9 Å². The van der Waals surface area contributed by atoms with Crippen molar-refractivity contribution in [1.82, 2.24) is 15.2 Å². The number of carbonyl (C=O) groups is 2. The summed E-state index contributed by atoms with van der Waals surface area (Å²) in [6.45, 7) is 0.647. The average molecular weight is 558 g/mol. The summed E-state index contributed by atoms with van der Waals surface area (Å²) >= 11 is 6.01. The van der Waals surface area contributed by atoms with Crippen molar-refractivity contribution in [2.45, 2.75) is 23.9 Å². The zero-order chi connectivity index (χ0) is 26.9. The van der Waals surface area contributed by atoms with Gasteiger partial charge in [0, 0.05) is 17.6 Å². The highest BCUT2D eigenvalue weighted by molar-refractivity contribution is 7.89. The number of nitrogens with one attached hydrogen (secondary N) is 2. The van der Waals surface area contributed by atoms with Crippen LogP contribution in [0, 0.1) is 0 Å². The molecule has 0 aliphatic carbocycles. The molecule has 1 unspecified atom stereocenters. The number of sulfonamides is 1. The molecule has 2 aliphatic heterocycles. The van der Waals surface area contributed by atoms with Crippen LogP contribution in [0.2, 0.25) is 5.02 Å². The first kappa shape index (κ1) is 25.8. The summed E-state index contributed by atoms with van der Waals surface area (Å²) in [5.41, 5.74) is 6.43. The number of rotatable bonds is 5. The Morgan fingerprint density at radius 3 is 2.47 bits per heavy atom. The summed E-state index contributed by atoms with van der Waals surface area (Å²) in [7, 11) is -2.75. The van der Waals surface area contributed by atoms with E-state index >= 15 is 0 Å². The number of methoxy groups -OCH3 is 1. The molecule has 2 amide bonds. The summed E-state index contributed by atoms with van der Waals surface area (Å²) in [4.78, 5) is 26.1. The molecule has 0 aromatic heterocycles. The van der Waals surface area contributed by atoms with Gasteiger partial charge in [-0.05, 0) is 47.9 Å². The molecule has 0 fully saturated rings. The van der Waals surface area contributed by atoms with Gasteiger partial charge in [-0.15, -0.1) is 0 Å². The number of hydrazine groups is 1. The topological polar surface area (TPSA) is 123 Å². The Balaban J connectivity index is 1.42. The maximum Gasteiger partial charge on any atom is 0.273 e. The Hall–Kier alpha value is -3.80. The Labute approximate surface area is 224 Å². The van der Waals surface area contributed by atoms with E-state index in [9.17, 15) is 18.0 Å². The lowest BCUT2D eigenvalue weighted by molar-refractivity contribution is -0.126. The number of ether oxygens (including phenoxy) is 3. The van der Waals surface area contributed by atoms with Gasteiger partial charge in [-0.25, -0.2) is 8.42 Å². The molecule has 10 nitrogen and oxygen atoms in total. The van der Waals surface area contributed by atoms with E-state index in [4.69, 9.17) is 25.8 Å². The minimum atomic E-state index is -4.15. The zero-order valence-corrected chi connectivity index (χ0v) is 21.8. The van der Waals surface area contributed by atoms with E-state index in [-0.39, 0.29) is 29.2 Å². The van der Waals surface area contributed by atoms with Gasteiger partial charge in [-0.2, -0.15) is 4.31 Å². The monoisotopic (exact) mass is 557 g/mol. The molecule has 3 aromatic rings. The Kier molecular flexibility index (Phi) is 7.15. The summed E-state index contributed by atoms with van der Waals surface area (Å²) in [6.07, 6.45) is 0.113. The Morgan fingerprint density at radius 2 is 1.71 bits per heavy atom. The van der Waals surface area contributed by atoms with Crippen molar-refractivity contribution in [2.24, 2.45) is 0 Å². The fourth-order valence-corrected chi connectivity index (χ4v) is 6.17. The van der Waals surface area contributed by atoms with Crippen molar-refractivity contribution in [3.8, 4) is 17.2 Å². The molecule has 0 saturated carbocycles. The molecule has 2 aliphatic rings. The van der Waals surface area contributed by atoms with Crippen LogP contribution in [0.25, 0.3) is 0 Å². The van der Waals surface area contributed by atoms with Crippen LogP contribution in [0.4, 0.5) is 0 Å². The highest BCUT2D eigenvalue weighted by atomic mass is 35.5. The van der Waals surface area contributed by atoms with Crippen LogP contribution in [-0.2, 0) is 27.8 Å². The predicted octanol–water partition coefficient (Wildman–Crippen LogP) is 2.70. The van der Waals surface area contributed by atoms with Crippen molar-refractivity contribution in [3.05, 3.63) is 82.4 Å². The number of carbonyl (C=O) groups excluding carboxylic acids is 2. The SMILES string of the molecule is COc1ccc(Cl)cc1C(=O)NNC(=O)C1Cc2ccccc2CN1S(=O)(=O)c1ccc2c(c1)OCCO2. The highest BCUT2D eigenvalue weighted by Crippen LogP contribution is 2.35. The molecule has 0 radical (unpaired) electrons. The largest absolute Gasteiger partial charge is 0.496 e. The fraction of sp³-hybridized carbons (Fsp3) is 0.231. The molecule has 38 heavy (non-hydrogen) atoms. The van der Waals surface area contributed by atoms with Gasteiger partial charge in [0.15, 0.2) is 11.5 Å². The maximum absolute atomic E-state index is 13.8. The molecular weight excluding hydrogens is 534 g/mol. The molecule has 198 valence electrons. The van der Waals surface area contributed by atoms with Crippen molar-refractivity contribution in [1.29, 1.82) is 0 Å². The van der Waals surface area contributed by atoms with Gasteiger partial charge in [-0.3, -0.25) is 20.4 Å². The van der Waals surface area contributed by atoms with Gasteiger partial charge in [-0.1, -0.05) is 35.9 Å². The standard InChI is InChI=1S/C26H24ClN3O7S/c1-35-22-8-6-18(27)13-20(22)25(31)28-29-26(32)21-12-16-4-2-3-5-17(16)15-30(21)38(33,34)19-7-9-23-24(14-19)37-11-10-36-23/h2-9,13-14,21H,10-12,15H2,1H3,(H,28,31)(H,29,32). The van der Waals surface area contributed by atoms with Gasteiger partial charge in [0.1, 0.15) is 25.0 Å². The lowest BCUT2D eigenvalue weighted by Crippen LogP contribution is -2.56. The number of hydrogen-bond acceptors (Lipinski definition) is 7. The van der Waals surface area contributed by atoms with Gasteiger partial charge < -0.3 is 14.2 Å². The van der Waals surface area contributed by atoms with Gasteiger partial charge in [0.25, 0.3) is 11.8 Å². The fourth-order valence-electron chi connectivity index (χ4n) is 4.42. The minimum absolute atomic E-state index is 0.0267. The van der Waals surface area contributed by atoms with Crippen LogP contribution in [0.1, 0.15) is 21.5 Å². The lowest BCUT2D eigenvalue weighted by Gasteiger charge is -2.35. The normalized spacial score (nSPS) is 16.7. The Morgan fingerprint density at radius 1 is 0.974 bits per heavy atom. The molecule has 2 heterocycles. The van der Waals surface area contributed by atoms with Crippen molar-refractivity contribution < 1.29 is 32.2 Å². The highest BCUT2D eigenvalue weighted by Gasteiger charge is 2.40. The third-order valence-electron chi connectivity index (χ3n) is 6.33. The number of hydrogen-bond donors (Lipinski definition) is 2. The first-order valence-corrected chi connectivity index (χ1v) is 13.5. The van der Waals surface area contributed by atoms with Gasteiger partial charge in [0.05, 0.1) is 17.6 Å². The molecule has 1 atom stereocenters. The van der Waals surface area contributed by atoms with E-state index in [1.807, 2.05) is 24.3 Å². The molecule has 0 saturated heterocycles. The number of fused-ring (bicyclic) bond motifs is 2. The first-order valence-electron chi connectivity index (χ1n) is 11.7. The second-order valence-electron chi connectivity index (χ2n) is 8.63. The zero-order valence-electron chi connectivity index (χ0n) is 20.3. The number of benzene rings is 3. The Bertz CT molecular complexity index is 1510. The molecule has 2 N–H and O–H groups in total. The molecule has 3 aromatic carbocycles. The summed E-state index contributed by atoms with van der Waals surface area (Å²) in [5, 5.41) is 0.308. The quantitative estimate of drug-likeness (QED) is 0.462. The molecular formula is C26H24ClN3O7S. The van der Waals surface area contributed by atoms with E-state index in [1.165, 1.54) is 37.4 Å². The van der Waals surface area contributed by atoms with Crippen LogP contribution < -0.4 is 25.1 Å². The number of halogens is 1. The van der Waals surface area contributed by atoms with Gasteiger partial charge in [0.2, 0.25) is 10.0 Å². The van der Waals surface area contributed by atoms with Crippen LogP contribution >= 0.6 is 11.6 Å². The molecule has 0 spiro atoms. The molecule has 12 heteroatoms. The summed E-state index contributed by atoms with van der Waals surface area (Å²) < 4.78 is 45.0. The van der Waals surface area contributed by atoms with Crippen molar-refractivity contribution in [2.75, 3.05) is 20.3 Å². The third kappa shape index (κ3) is 5.00. The summed E-state index contributed by atoms with van der Waals surface area (Å²) in [6, 6.07) is 15.0. The van der Waals surface area contributed by atoms with Crippen LogP contribution in [0.5, 0.6) is 17.2 Å². The first-order chi connectivity index (χ1) is 18.3. The van der Waals surface area contributed by atoms with Crippen molar-refractivity contribution >= 4 is 33.4 Å². The van der Waals surface area contributed by atoms with E-state index in [0.717, 1.165) is 15.4 Å². The minimum Gasteiger partial charge on any atom is -0.496 e. The van der Waals surface area contributed by atoms with Crippen LogP contribution in [-0.4, -0.2) is 50.9 Å². The predicted molar refractivity (Wildman–Crippen MR) is 138 cm³/mol. The second kappa shape index (κ2) is 10.5. The molecule has 0 bridgehead atoms. The van der Waals surface area contributed by atoms with E-state index in [1.54, 1.807) is 6.07 Å².